The van der Waals surface area contributed by atoms with Gasteiger partial charge in [-0.15, -0.1) is 0 Å². The van der Waals surface area contributed by atoms with Crippen LogP contribution in [0.2, 0.25) is 5.02 Å². The Morgan fingerprint density at radius 2 is 1.83 bits per heavy atom. The molecular weight excluding hydrogens is 472 g/mol. The van der Waals surface area contributed by atoms with E-state index in [2.05, 4.69) is 10.4 Å². The molecule has 1 aromatic heterocycles. The normalized spacial score (nSPS) is 12.6. The number of nitrogens with zero attached hydrogens (tertiary/aromatic N) is 3. The van der Waals surface area contributed by atoms with Crippen LogP contribution in [0.25, 0.3) is 5.69 Å². The molecule has 1 aliphatic rings. The highest BCUT2D eigenvalue weighted by molar-refractivity contribution is 6.30. The second kappa shape index (κ2) is 10.7. The highest BCUT2D eigenvalue weighted by Gasteiger charge is 2.31. The van der Waals surface area contributed by atoms with Crippen LogP contribution in [0.3, 0.4) is 0 Å². The summed E-state index contributed by atoms with van der Waals surface area (Å²) >= 11 is 6.03. The average molecular weight is 499 g/mol. The van der Waals surface area contributed by atoms with Crippen LogP contribution in [0.4, 0.5) is 4.79 Å². The molecule has 10 heteroatoms. The number of methoxy groups -OCH3 is 2. The maximum Gasteiger partial charge on any atom is 0.359 e. The highest BCUT2D eigenvalue weighted by Crippen LogP contribution is 2.28. The summed E-state index contributed by atoms with van der Waals surface area (Å²) in [7, 11) is 3.14. The van der Waals surface area contributed by atoms with E-state index in [0.29, 0.717) is 41.6 Å². The lowest BCUT2D eigenvalue weighted by Gasteiger charge is -2.28. The predicted molar refractivity (Wildman–Crippen MR) is 130 cm³/mol. The molecule has 0 fully saturated rings. The second-order valence-electron chi connectivity index (χ2n) is 7.90. The van der Waals surface area contributed by atoms with Crippen molar-refractivity contribution in [3.63, 3.8) is 0 Å². The van der Waals surface area contributed by atoms with Crippen molar-refractivity contribution in [1.29, 1.82) is 0 Å². The number of hydrogen-bond donors (Lipinski definition) is 1. The van der Waals surface area contributed by atoms with Crippen molar-refractivity contribution >= 4 is 23.6 Å². The summed E-state index contributed by atoms with van der Waals surface area (Å²) in [4.78, 5) is 27.3. The summed E-state index contributed by atoms with van der Waals surface area (Å²) in [6.45, 7) is 3.02. The van der Waals surface area contributed by atoms with E-state index in [1.807, 2.05) is 24.3 Å². The number of carbonyl (C=O) groups excluding carboxylic acids is 2. The average Bonchev–Trinajstić information content (AvgIpc) is 3.26. The van der Waals surface area contributed by atoms with Crippen molar-refractivity contribution in [2.24, 2.45) is 0 Å². The van der Waals surface area contributed by atoms with Crippen LogP contribution in [-0.2, 0) is 24.2 Å². The Hall–Kier alpha value is -3.72. The van der Waals surface area contributed by atoms with Gasteiger partial charge in [-0.25, -0.2) is 14.3 Å². The maximum atomic E-state index is 13.0. The van der Waals surface area contributed by atoms with Gasteiger partial charge in [-0.3, -0.25) is 0 Å². The minimum atomic E-state index is -0.510. The second-order valence-corrected chi connectivity index (χ2v) is 8.34. The van der Waals surface area contributed by atoms with Crippen LogP contribution < -0.4 is 14.8 Å². The Bertz CT molecular complexity index is 1230. The molecule has 4 rings (SSSR count). The molecule has 0 aliphatic carbocycles. The molecule has 1 N–H and O–H groups in total. The van der Waals surface area contributed by atoms with Gasteiger partial charge < -0.3 is 24.4 Å². The maximum absolute atomic E-state index is 13.0. The molecule has 1 aliphatic heterocycles. The Kier molecular flexibility index (Phi) is 7.45. The molecule has 3 aromatic rings. The summed E-state index contributed by atoms with van der Waals surface area (Å²) in [5, 5.41) is 8.10. The summed E-state index contributed by atoms with van der Waals surface area (Å²) in [5.41, 5.74) is 3.43. The van der Waals surface area contributed by atoms with Crippen LogP contribution in [0.15, 0.2) is 42.5 Å². The molecule has 184 valence electrons. The van der Waals surface area contributed by atoms with E-state index in [-0.39, 0.29) is 24.9 Å². The fourth-order valence-electron chi connectivity index (χ4n) is 4.03. The first-order chi connectivity index (χ1) is 16.9. The molecule has 2 heterocycles. The number of fused-ring (bicyclic) bond motifs is 1. The monoisotopic (exact) mass is 498 g/mol. The van der Waals surface area contributed by atoms with Crippen molar-refractivity contribution in [2.75, 3.05) is 27.4 Å². The van der Waals surface area contributed by atoms with Gasteiger partial charge in [0, 0.05) is 30.1 Å². The Morgan fingerprint density at radius 1 is 1.09 bits per heavy atom. The third kappa shape index (κ3) is 5.19. The van der Waals surface area contributed by atoms with Crippen LogP contribution in [0.5, 0.6) is 11.5 Å². The summed E-state index contributed by atoms with van der Waals surface area (Å²) in [5.74, 6) is 0.704. The SMILES string of the molecule is CCOC(=O)c1nn(-c2ccc(Cl)cc2)c2c1CN(C(=O)NCc1ccc(OC)c(OC)c1)CC2. The lowest BCUT2D eigenvalue weighted by atomic mass is 10.0. The van der Waals surface area contributed by atoms with Gasteiger partial charge in [0.1, 0.15) is 0 Å². The van der Waals surface area contributed by atoms with E-state index < -0.39 is 5.97 Å². The van der Waals surface area contributed by atoms with Gasteiger partial charge in [-0.2, -0.15) is 5.10 Å². The largest absolute Gasteiger partial charge is 0.493 e. The molecule has 0 radical (unpaired) electrons. The molecule has 0 atom stereocenters. The lowest BCUT2D eigenvalue weighted by Crippen LogP contribution is -2.42. The summed E-state index contributed by atoms with van der Waals surface area (Å²) in [6, 6.07) is 12.5. The van der Waals surface area contributed by atoms with Gasteiger partial charge in [0.15, 0.2) is 17.2 Å². The van der Waals surface area contributed by atoms with E-state index in [0.717, 1.165) is 16.9 Å². The fraction of sp³-hybridized carbons (Fsp3) is 0.320. The van der Waals surface area contributed by atoms with Crippen molar-refractivity contribution in [2.45, 2.75) is 26.4 Å². The van der Waals surface area contributed by atoms with Gasteiger partial charge in [-0.05, 0) is 48.9 Å². The summed E-state index contributed by atoms with van der Waals surface area (Å²) < 4.78 is 17.6. The number of hydrogen-bond acceptors (Lipinski definition) is 6. The van der Waals surface area contributed by atoms with Crippen molar-refractivity contribution in [3.8, 4) is 17.2 Å². The number of halogens is 1. The quantitative estimate of drug-likeness (QED) is 0.495. The molecule has 0 saturated heterocycles. The first-order valence-corrected chi connectivity index (χ1v) is 11.6. The molecular formula is C25H27ClN4O5. The van der Waals surface area contributed by atoms with Crippen LogP contribution in [0, 0.1) is 0 Å². The highest BCUT2D eigenvalue weighted by atomic mass is 35.5. The zero-order valence-electron chi connectivity index (χ0n) is 19.8. The first-order valence-electron chi connectivity index (χ1n) is 11.2. The van der Waals surface area contributed by atoms with Crippen LogP contribution in [-0.4, -0.2) is 54.1 Å². The number of urea groups is 1. The summed E-state index contributed by atoms with van der Waals surface area (Å²) in [6.07, 6.45) is 0.536. The van der Waals surface area contributed by atoms with E-state index in [1.165, 1.54) is 0 Å². The minimum Gasteiger partial charge on any atom is -0.493 e. The number of ether oxygens (including phenoxy) is 3. The van der Waals surface area contributed by atoms with Gasteiger partial charge in [0.05, 0.1) is 38.8 Å². The van der Waals surface area contributed by atoms with Gasteiger partial charge >= 0.3 is 12.0 Å². The Labute approximate surface area is 208 Å². The van der Waals surface area contributed by atoms with Crippen molar-refractivity contribution in [1.82, 2.24) is 20.0 Å². The van der Waals surface area contributed by atoms with Gasteiger partial charge in [-0.1, -0.05) is 17.7 Å². The first kappa shape index (κ1) is 24.4. The van der Waals surface area contributed by atoms with E-state index in [1.54, 1.807) is 48.9 Å². The van der Waals surface area contributed by atoms with Gasteiger partial charge in [0.2, 0.25) is 0 Å². The molecule has 0 unspecified atom stereocenters. The fourth-order valence-corrected chi connectivity index (χ4v) is 4.16. The molecule has 9 nitrogen and oxygen atoms in total. The molecule has 0 bridgehead atoms. The van der Waals surface area contributed by atoms with Gasteiger partial charge in [0.25, 0.3) is 0 Å². The van der Waals surface area contributed by atoms with Crippen molar-refractivity contribution in [3.05, 3.63) is 70.0 Å². The number of amides is 2. The smallest absolute Gasteiger partial charge is 0.359 e. The molecule has 35 heavy (non-hydrogen) atoms. The minimum absolute atomic E-state index is 0.217. The molecule has 2 amide bonds. The third-order valence-corrected chi connectivity index (χ3v) is 6.03. The van der Waals surface area contributed by atoms with E-state index in [4.69, 9.17) is 25.8 Å². The number of rotatable bonds is 7. The van der Waals surface area contributed by atoms with E-state index in [9.17, 15) is 9.59 Å². The number of nitrogens with one attached hydrogen (secondary N) is 1. The lowest BCUT2D eigenvalue weighted by molar-refractivity contribution is 0.0516. The molecule has 2 aromatic carbocycles. The third-order valence-electron chi connectivity index (χ3n) is 5.78. The number of benzene rings is 2. The van der Waals surface area contributed by atoms with Crippen LogP contribution >= 0.6 is 11.6 Å². The van der Waals surface area contributed by atoms with E-state index >= 15 is 0 Å². The predicted octanol–water partition coefficient (Wildman–Crippen LogP) is 3.99. The molecule has 0 saturated carbocycles. The zero-order chi connectivity index (χ0) is 24.9. The Morgan fingerprint density at radius 3 is 2.51 bits per heavy atom. The topological polar surface area (TPSA) is 94.9 Å². The van der Waals surface area contributed by atoms with Crippen LogP contribution in [0.1, 0.15) is 34.2 Å². The number of esters is 1. The number of carbonyl (C=O) groups is 2. The van der Waals surface area contributed by atoms with Crippen molar-refractivity contribution < 1.29 is 23.8 Å². The zero-order valence-corrected chi connectivity index (χ0v) is 20.6. The standard InChI is InChI=1S/C25H27ClN4O5/c1-4-35-24(31)23-19-15-29(12-11-20(19)30(28-23)18-8-6-17(26)7-9-18)25(32)27-14-16-5-10-21(33-2)22(13-16)34-3/h5-10,13H,4,11-12,14-15H2,1-3H3,(H,27,32). The molecule has 0 spiro atoms. The Balaban J connectivity index is 1.53. The number of aromatic nitrogens is 2.